The number of ether oxygens (including phenoxy) is 1. The molecule has 0 bridgehead atoms. The van der Waals surface area contributed by atoms with E-state index in [0.717, 1.165) is 25.1 Å². The average molecular weight is 316 g/mol. The number of hydrogen-bond acceptors (Lipinski definition) is 6. The van der Waals surface area contributed by atoms with Crippen LogP contribution in [0.4, 0.5) is 0 Å². The van der Waals surface area contributed by atoms with Crippen LogP contribution < -0.4 is 0 Å². The average Bonchev–Trinajstić information content (AvgIpc) is 3.26. The third-order valence-electron chi connectivity index (χ3n) is 3.83. The van der Waals surface area contributed by atoms with Crippen molar-refractivity contribution in [3.63, 3.8) is 0 Å². The minimum Gasteiger partial charge on any atom is -0.376 e. The van der Waals surface area contributed by atoms with E-state index in [-0.39, 0.29) is 12.0 Å². The van der Waals surface area contributed by atoms with Gasteiger partial charge in [-0.2, -0.15) is 0 Å². The van der Waals surface area contributed by atoms with Gasteiger partial charge in [0, 0.05) is 25.8 Å². The second-order valence-corrected chi connectivity index (χ2v) is 5.55. The maximum atomic E-state index is 12.6. The van der Waals surface area contributed by atoms with Crippen molar-refractivity contribution in [2.75, 3.05) is 13.2 Å². The molecule has 0 saturated carbocycles. The fraction of sp³-hybridized carbons (Fsp3) is 0.533. The highest BCUT2D eigenvalue weighted by atomic mass is 16.5. The van der Waals surface area contributed by atoms with Gasteiger partial charge in [0.25, 0.3) is 0 Å². The molecule has 0 N–H and O–H groups in total. The van der Waals surface area contributed by atoms with Crippen molar-refractivity contribution in [3.05, 3.63) is 36.4 Å². The van der Waals surface area contributed by atoms with Gasteiger partial charge in [0.15, 0.2) is 0 Å². The van der Waals surface area contributed by atoms with Gasteiger partial charge in [0.05, 0.1) is 24.9 Å². The highest BCUT2D eigenvalue weighted by Gasteiger charge is 2.23. The molecule has 23 heavy (non-hydrogen) atoms. The van der Waals surface area contributed by atoms with Crippen LogP contribution in [0.2, 0.25) is 0 Å². The van der Waals surface area contributed by atoms with Gasteiger partial charge < -0.3 is 9.64 Å². The number of nitrogens with zero attached hydrogens (tertiary/aromatic N) is 6. The molecule has 122 valence electrons. The van der Waals surface area contributed by atoms with Crippen LogP contribution in [0.15, 0.2) is 30.7 Å². The van der Waals surface area contributed by atoms with Crippen molar-refractivity contribution < 1.29 is 9.53 Å². The molecule has 0 aromatic carbocycles. The maximum Gasteiger partial charge on any atom is 0.224 e. The van der Waals surface area contributed by atoms with Crippen molar-refractivity contribution in [1.29, 1.82) is 0 Å². The lowest BCUT2D eigenvalue weighted by molar-refractivity contribution is -0.133. The van der Waals surface area contributed by atoms with Gasteiger partial charge in [-0.3, -0.25) is 9.78 Å². The molecule has 0 spiro atoms. The monoisotopic (exact) mass is 316 g/mol. The zero-order valence-corrected chi connectivity index (χ0v) is 12.9. The predicted molar refractivity (Wildman–Crippen MR) is 81.1 cm³/mol. The smallest absolute Gasteiger partial charge is 0.224 e. The zero-order valence-electron chi connectivity index (χ0n) is 12.9. The van der Waals surface area contributed by atoms with Crippen LogP contribution >= 0.6 is 0 Å². The van der Waals surface area contributed by atoms with Crippen LogP contribution in [0, 0.1) is 0 Å². The molecule has 1 atom stereocenters. The summed E-state index contributed by atoms with van der Waals surface area (Å²) in [6.07, 6.45) is 5.78. The van der Waals surface area contributed by atoms with E-state index >= 15 is 0 Å². The van der Waals surface area contributed by atoms with E-state index in [2.05, 4.69) is 20.5 Å². The SMILES string of the molecule is O=C(CCn1cnnn1)N(Cc1ccccn1)C[C@H]1CCCO1. The molecule has 1 saturated heterocycles. The summed E-state index contributed by atoms with van der Waals surface area (Å²) >= 11 is 0. The molecule has 3 heterocycles. The number of aryl methyl sites for hydroxylation is 1. The topological polar surface area (TPSA) is 86.0 Å². The summed E-state index contributed by atoms with van der Waals surface area (Å²) < 4.78 is 7.23. The van der Waals surface area contributed by atoms with Crippen LogP contribution in [0.1, 0.15) is 25.0 Å². The van der Waals surface area contributed by atoms with Crippen LogP contribution in [0.3, 0.4) is 0 Å². The molecule has 0 aliphatic carbocycles. The molecule has 0 unspecified atom stereocenters. The van der Waals surface area contributed by atoms with E-state index in [1.54, 1.807) is 10.9 Å². The molecule has 1 aliphatic heterocycles. The van der Waals surface area contributed by atoms with Crippen LogP contribution in [0.25, 0.3) is 0 Å². The van der Waals surface area contributed by atoms with Crippen LogP contribution in [0.5, 0.6) is 0 Å². The third-order valence-corrected chi connectivity index (χ3v) is 3.83. The van der Waals surface area contributed by atoms with E-state index in [0.29, 0.717) is 26.1 Å². The summed E-state index contributed by atoms with van der Waals surface area (Å²) in [6, 6.07) is 5.72. The van der Waals surface area contributed by atoms with Gasteiger partial charge in [-0.1, -0.05) is 6.07 Å². The van der Waals surface area contributed by atoms with Crippen molar-refractivity contribution in [3.8, 4) is 0 Å². The van der Waals surface area contributed by atoms with Crippen molar-refractivity contribution in [2.24, 2.45) is 0 Å². The number of pyridine rings is 1. The Hall–Kier alpha value is -2.35. The molecular weight excluding hydrogens is 296 g/mol. The molecule has 1 aliphatic rings. The van der Waals surface area contributed by atoms with E-state index in [1.807, 2.05) is 23.1 Å². The van der Waals surface area contributed by atoms with Gasteiger partial charge >= 0.3 is 0 Å². The minimum atomic E-state index is 0.0571. The number of hydrogen-bond donors (Lipinski definition) is 0. The predicted octanol–water partition coefficient (Wildman–Crippen LogP) is 0.666. The van der Waals surface area contributed by atoms with Crippen molar-refractivity contribution >= 4 is 5.91 Å². The second-order valence-electron chi connectivity index (χ2n) is 5.55. The van der Waals surface area contributed by atoms with E-state index in [4.69, 9.17) is 4.74 Å². The van der Waals surface area contributed by atoms with E-state index < -0.39 is 0 Å². The number of carbonyl (C=O) groups excluding carboxylic acids is 1. The van der Waals surface area contributed by atoms with Gasteiger partial charge in [0.1, 0.15) is 6.33 Å². The number of carbonyl (C=O) groups is 1. The Morgan fingerprint density at radius 3 is 3.09 bits per heavy atom. The Morgan fingerprint density at radius 2 is 2.39 bits per heavy atom. The highest BCUT2D eigenvalue weighted by Crippen LogP contribution is 2.15. The van der Waals surface area contributed by atoms with E-state index in [1.165, 1.54) is 6.33 Å². The first-order valence-electron chi connectivity index (χ1n) is 7.81. The fourth-order valence-corrected chi connectivity index (χ4v) is 2.63. The summed E-state index contributed by atoms with van der Waals surface area (Å²) in [7, 11) is 0. The lowest BCUT2D eigenvalue weighted by atomic mass is 10.2. The minimum absolute atomic E-state index is 0.0571. The Balaban J connectivity index is 1.61. The van der Waals surface area contributed by atoms with Gasteiger partial charge in [-0.25, -0.2) is 4.68 Å². The molecule has 3 rings (SSSR count). The largest absolute Gasteiger partial charge is 0.376 e. The first-order chi connectivity index (χ1) is 11.3. The molecule has 8 heteroatoms. The second kappa shape index (κ2) is 7.77. The number of amides is 1. The molecule has 2 aromatic heterocycles. The molecule has 1 fully saturated rings. The molecule has 8 nitrogen and oxygen atoms in total. The first-order valence-corrected chi connectivity index (χ1v) is 7.81. The Labute approximate surface area is 134 Å². The Kier molecular flexibility index (Phi) is 5.25. The quantitative estimate of drug-likeness (QED) is 0.746. The van der Waals surface area contributed by atoms with Crippen molar-refractivity contribution in [2.45, 2.75) is 38.5 Å². The lowest BCUT2D eigenvalue weighted by Gasteiger charge is -2.25. The van der Waals surface area contributed by atoms with Gasteiger partial charge in [0.2, 0.25) is 5.91 Å². The molecular formula is C15H20N6O2. The summed E-state index contributed by atoms with van der Waals surface area (Å²) in [5, 5.41) is 10.9. The summed E-state index contributed by atoms with van der Waals surface area (Å²) in [5.41, 5.74) is 0.876. The third kappa shape index (κ3) is 4.56. The highest BCUT2D eigenvalue weighted by molar-refractivity contribution is 5.76. The molecule has 0 radical (unpaired) electrons. The van der Waals surface area contributed by atoms with E-state index in [9.17, 15) is 4.79 Å². The Bertz CT molecular complexity index is 598. The normalized spacial score (nSPS) is 17.3. The van der Waals surface area contributed by atoms with Crippen molar-refractivity contribution in [1.82, 2.24) is 30.1 Å². The maximum absolute atomic E-state index is 12.6. The molecule has 2 aromatic rings. The zero-order chi connectivity index (χ0) is 15.9. The molecule has 1 amide bonds. The fourth-order valence-electron chi connectivity index (χ4n) is 2.63. The standard InChI is InChI=1S/C15H20N6O2/c22-15(6-8-21-12-17-18-19-21)20(11-14-5-3-9-23-14)10-13-4-1-2-7-16-13/h1-2,4,7,12,14H,3,5-6,8-11H2/t14-/m1/s1. The summed E-state index contributed by atoms with van der Waals surface area (Å²) in [5.74, 6) is 0.0571. The number of tetrazole rings is 1. The Morgan fingerprint density at radius 1 is 1.43 bits per heavy atom. The van der Waals surface area contributed by atoms with Crippen LogP contribution in [-0.4, -0.2) is 55.3 Å². The number of rotatable bonds is 7. The van der Waals surface area contributed by atoms with Crippen LogP contribution in [-0.2, 0) is 22.6 Å². The van der Waals surface area contributed by atoms with Gasteiger partial charge in [-0.15, -0.1) is 5.10 Å². The summed E-state index contributed by atoms with van der Waals surface area (Å²) in [6.45, 7) is 2.34. The summed E-state index contributed by atoms with van der Waals surface area (Å²) in [4.78, 5) is 18.7. The number of aromatic nitrogens is 5. The van der Waals surface area contributed by atoms with Gasteiger partial charge in [-0.05, 0) is 35.4 Å². The first kappa shape index (κ1) is 15.5. The lowest BCUT2D eigenvalue weighted by Crippen LogP contribution is -2.37.